The third kappa shape index (κ3) is 13.7. The highest BCUT2D eigenvalue weighted by Crippen LogP contribution is 2.40. The molecule has 7 aromatic rings. The van der Waals surface area contributed by atoms with Gasteiger partial charge in [0.1, 0.15) is 36.6 Å². The third-order valence-corrected chi connectivity index (χ3v) is 15.4. The summed E-state index contributed by atoms with van der Waals surface area (Å²) in [6, 6.07) is 29.9. The molecular formula is C59H69N11O8S. The van der Waals surface area contributed by atoms with Crippen LogP contribution in [0.3, 0.4) is 0 Å². The maximum atomic E-state index is 14.0. The van der Waals surface area contributed by atoms with Crippen molar-refractivity contribution in [3.8, 4) is 38.8 Å². The maximum Gasteiger partial charge on any atom is 0.246 e. The summed E-state index contributed by atoms with van der Waals surface area (Å²) in [5.41, 5.74) is 23.5. The number of aliphatic hydroxyl groups is 1. The monoisotopic (exact) mass is 1090 g/mol. The number of nitrogens with zero attached hydrogens (tertiary/aromatic N) is 6. The number of hydrogen-bond donors (Lipinski definition) is 6. The molecule has 1 saturated carbocycles. The summed E-state index contributed by atoms with van der Waals surface area (Å²) in [7, 11) is 0. The van der Waals surface area contributed by atoms with Crippen molar-refractivity contribution in [1.82, 2.24) is 45.4 Å². The van der Waals surface area contributed by atoms with Crippen molar-refractivity contribution in [3.63, 3.8) is 0 Å². The van der Waals surface area contributed by atoms with Gasteiger partial charge in [-0.15, -0.1) is 11.3 Å². The number of nitrogen functional groups attached to an aromatic ring is 1. The number of aliphatic hydroxyl groups excluding tert-OH is 1. The second-order valence-corrected chi connectivity index (χ2v) is 22.1. The topological polar surface area (TPSA) is 264 Å². The minimum absolute atomic E-state index is 0.0341. The Labute approximate surface area is 463 Å². The zero-order valence-corrected chi connectivity index (χ0v) is 45.9. The molecule has 20 heteroatoms. The second-order valence-electron chi connectivity index (χ2n) is 21.3. The number of hydrogen-bond acceptors (Lipinski definition) is 15. The van der Waals surface area contributed by atoms with E-state index in [9.17, 15) is 24.3 Å². The summed E-state index contributed by atoms with van der Waals surface area (Å²) in [5.74, 6) is -0.617. The zero-order chi connectivity index (χ0) is 55.7. The molecular weight excluding hydrogens is 1020 g/mol. The van der Waals surface area contributed by atoms with Crippen LogP contribution in [-0.2, 0) is 51.9 Å². The van der Waals surface area contributed by atoms with Gasteiger partial charge in [0, 0.05) is 49.0 Å². The molecule has 0 radical (unpaired) electrons. The predicted molar refractivity (Wildman–Crippen MR) is 302 cm³/mol. The molecule has 2 fully saturated rings. The molecule has 1 saturated heterocycles. The van der Waals surface area contributed by atoms with E-state index in [0.717, 1.165) is 69.0 Å². The maximum absolute atomic E-state index is 14.0. The van der Waals surface area contributed by atoms with E-state index in [0.29, 0.717) is 41.3 Å². The highest BCUT2D eigenvalue weighted by molar-refractivity contribution is 7.13. The molecule has 19 nitrogen and oxygen atoms in total. The molecule has 0 bridgehead atoms. The smallest absolute Gasteiger partial charge is 0.246 e. The van der Waals surface area contributed by atoms with Crippen molar-refractivity contribution in [3.05, 3.63) is 131 Å². The number of β-amino-alcohol motifs (C(OH)–C–C–N with tert-alkyl or cyclic N) is 1. The summed E-state index contributed by atoms with van der Waals surface area (Å²) in [6.45, 7) is 8.19. The number of aromatic nitrogens is 5. The van der Waals surface area contributed by atoms with Gasteiger partial charge >= 0.3 is 0 Å². The quantitative estimate of drug-likeness (QED) is 0.0401. The number of fused-ring (bicyclic) bond motifs is 1. The molecule has 4 amide bonds. The van der Waals surface area contributed by atoms with Gasteiger partial charge in [0.25, 0.3) is 0 Å². The third-order valence-electron chi connectivity index (χ3n) is 14.4. The van der Waals surface area contributed by atoms with Gasteiger partial charge in [0.2, 0.25) is 23.6 Å². The molecule has 0 unspecified atom stereocenters. The molecule has 5 heterocycles. The van der Waals surface area contributed by atoms with E-state index in [1.807, 2.05) is 105 Å². The van der Waals surface area contributed by atoms with Gasteiger partial charge in [-0.05, 0) is 103 Å². The lowest BCUT2D eigenvalue weighted by molar-refractivity contribution is -0.144. The van der Waals surface area contributed by atoms with Gasteiger partial charge in [-0.1, -0.05) is 75.4 Å². The number of aryl methyl sites for hydroxylation is 1. The van der Waals surface area contributed by atoms with Crippen LogP contribution in [0.25, 0.3) is 49.9 Å². The van der Waals surface area contributed by atoms with Gasteiger partial charge in [0.05, 0.1) is 59.9 Å². The Hall–Kier alpha value is -7.46. The van der Waals surface area contributed by atoms with E-state index in [1.54, 1.807) is 17.5 Å². The fourth-order valence-corrected chi connectivity index (χ4v) is 10.7. The lowest BCUT2D eigenvalue weighted by Crippen LogP contribution is -2.58. The first-order valence-electron chi connectivity index (χ1n) is 26.7. The van der Waals surface area contributed by atoms with Crippen LogP contribution in [-0.4, -0.2) is 129 Å². The summed E-state index contributed by atoms with van der Waals surface area (Å²) in [6.07, 6.45) is 4.49. The molecule has 9 rings (SSSR count). The van der Waals surface area contributed by atoms with Gasteiger partial charge < -0.3 is 51.6 Å². The van der Waals surface area contributed by atoms with E-state index in [4.69, 9.17) is 35.6 Å². The number of amides is 4. The van der Waals surface area contributed by atoms with Crippen molar-refractivity contribution >= 4 is 51.9 Å². The first kappa shape index (κ1) is 56.3. The van der Waals surface area contributed by atoms with Crippen molar-refractivity contribution in [2.75, 3.05) is 58.5 Å². The van der Waals surface area contributed by atoms with Crippen LogP contribution >= 0.6 is 11.3 Å². The van der Waals surface area contributed by atoms with Gasteiger partial charge in [-0.25, -0.2) is 19.9 Å². The normalized spacial score (nSPS) is 16.4. The number of anilines is 1. The molecule has 3 aromatic carbocycles. The molecule has 1 aliphatic heterocycles. The number of carbonyl (C=O) groups is 4. The standard InChI is InChI=1S/C59H69N11O8S/c1-37-51(79-36-65-37)40-13-11-39(12-14-40)32-64-56(74)48-31-44(71)33-69(48)57(75)52(58(2,3)4)68-50(73)35-78-29-27-76-26-28-77-34-49(72)62-25-21-38-8-5-9-41(30-38)46-19-20-47-55(66-46)70(54(67-47)45-10-6-24-63-53(45)60)43-17-15-42(16-18-43)59(61)22-7-23-59/h5-6,8-20,24,30,36,44,48,52,71H,7,21-23,25-29,31-35,61H2,1-4H3,(H2,60,63)(H,62,72)(H,64,74)(H,68,73)/t44-,48+,52-/m1/s1. The average Bonchev–Trinajstić information content (AvgIpc) is 4.38. The number of ether oxygens (including phenoxy) is 3. The van der Waals surface area contributed by atoms with Crippen molar-refractivity contribution in [2.24, 2.45) is 11.1 Å². The van der Waals surface area contributed by atoms with E-state index in [-0.39, 0.29) is 76.5 Å². The van der Waals surface area contributed by atoms with Crippen molar-refractivity contribution < 1.29 is 38.5 Å². The predicted octanol–water partition coefficient (Wildman–Crippen LogP) is 6.02. The Kier molecular flexibility index (Phi) is 17.9. The van der Waals surface area contributed by atoms with E-state index >= 15 is 0 Å². The summed E-state index contributed by atoms with van der Waals surface area (Å²) in [4.78, 5) is 74.4. The number of likely N-dealkylation sites (tertiary alicyclic amines) is 1. The number of rotatable bonds is 23. The summed E-state index contributed by atoms with van der Waals surface area (Å²) < 4.78 is 18.7. The summed E-state index contributed by atoms with van der Waals surface area (Å²) in [5, 5.41) is 19.2. The number of thiazole rings is 1. The molecule has 79 heavy (non-hydrogen) atoms. The van der Waals surface area contributed by atoms with Crippen LogP contribution in [0.5, 0.6) is 0 Å². The van der Waals surface area contributed by atoms with Crippen LogP contribution in [0.2, 0.25) is 0 Å². The number of benzene rings is 3. The van der Waals surface area contributed by atoms with Crippen LogP contribution in [0, 0.1) is 12.3 Å². The van der Waals surface area contributed by atoms with E-state index < -0.39 is 35.4 Å². The van der Waals surface area contributed by atoms with Gasteiger partial charge in [-0.2, -0.15) is 0 Å². The first-order chi connectivity index (χ1) is 38.0. The second kappa shape index (κ2) is 25.1. The number of imidazole rings is 1. The van der Waals surface area contributed by atoms with Crippen LogP contribution in [0.15, 0.2) is 109 Å². The Morgan fingerprint density at radius 1 is 0.835 bits per heavy atom. The number of pyridine rings is 2. The minimum Gasteiger partial charge on any atom is -0.391 e. The minimum atomic E-state index is -0.993. The Morgan fingerprint density at radius 3 is 2.25 bits per heavy atom. The number of nitrogens with two attached hydrogens (primary N) is 2. The van der Waals surface area contributed by atoms with E-state index in [2.05, 4.69) is 56.3 Å². The van der Waals surface area contributed by atoms with E-state index in [1.165, 1.54) is 4.90 Å². The van der Waals surface area contributed by atoms with Crippen molar-refractivity contribution in [2.45, 2.75) is 90.1 Å². The number of nitrogens with one attached hydrogen (secondary N) is 3. The molecule has 414 valence electrons. The largest absolute Gasteiger partial charge is 0.391 e. The Morgan fingerprint density at radius 2 is 1.57 bits per heavy atom. The lowest BCUT2D eigenvalue weighted by Gasteiger charge is -2.38. The SMILES string of the molecule is Cc1ncsc1-c1ccc(CNC(=O)[C@@H]2C[C@@H](O)CN2C(=O)[C@@H](NC(=O)COCCOCCOCC(=O)NCCc2cccc(-c3ccc4nc(-c5cccnc5N)n(-c5ccc(C6(N)CCC6)cc5)c4n3)c2)C(C)(C)C)cc1. The molecule has 4 aromatic heterocycles. The van der Waals surface area contributed by atoms with Crippen LogP contribution in [0.4, 0.5) is 5.82 Å². The van der Waals surface area contributed by atoms with Crippen LogP contribution in [0.1, 0.15) is 68.8 Å². The highest BCUT2D eigenvalue weighted by Gasteiger charge is 2.44. The fraction of sp³-hybridized carbons (Fsp3) is 0.390. The van der Waals surface area contributed by atoms with Crippen molar-refractivity contribution in [1.29, 1.82) is 0 Å². The molecule has 8 N–H and O–H groups in total. The highest BCUT2D eigenvalue weighted by atomic mass is 32.1. The number of carbonyl (C=O) groups excluding carboxylic acids is 4. The van der Waals surface area contributed by atoms with Gasteiger partial charge in [0.15, 0.2) is 11.5 Å². The zero-order valence-electron chi connectivity index (χ0n) is 45.1. The summed E-state index contributed by atoms with van der Waals surface area (Å²) >= 11 is 1.57. The fourth-order valence-electron chi connectivity index (χ4n) is 9.87. The molecule has 1 aliphatic carbocycles. The lowest BCUT2D eigenvalue weighted by atomic mass is 9.73. The molecule has 3 atom stereocenters. The Balaban J connectivity index is 0.678. The molecule has 2 aliphatic rings. The first-order valence-corrected chi connectivity index (χ1v) is 27.6. The average molecular weight is 1090 g/mol. The Bertz CT molecular complexity index is 3260. The van der Waals surface area contributed by atoms with Gasteiger partial charge in [-0.3, -0.25) is 23.7 Å². The van der Waals surface area contributed by atoms with Crippen LogP contribution < -0.4 is 27.4 Å². The molecule has 0 spiro atoms.